The number of hydrogen-bond donors (Lipinski definition) is 0. The highest BCUT2D eigenvalue weighted by Crippen LogP contribution is 2.25. The van der Waals surface area contributed by atoms with Crippen LogP contribution in [0.4, 0.5) is 0 Å². The van der Waals surface area contributed by atoms with Crippen molar-refractivity contribution in [2.24, 2.45) is 11.8 Å². The number of rotatable bonds is 48. The maximum absolute atomic E-state index is 2.32. The fraction of sp³-hybridized carbons (Fsp3) is 0.975. The van der Waals surface area contributed by atoms with E-state index in [0.717, 1.165) is 11.8 Å². The Morgan fingerprint density at radius 3 is 0.481 bits per heavy atom. The number of hydrogen-bond acceptors (Lipinski definition) is 0. The average molecular weight is 1160 g/mol. The molecule has 1 aliphatic carbocycles. The van der Waals surface area contributed by atoms with Gasteiger partial charge in [-0.1, -0.05) is 507 Å². The Bertz CT molecular complexity index is 764. The quantitative estimate of drug-likeness (QED) is 0.0421. The van der Waals surface area contributed by atoms with E-state index in [9.17, 15) is 0 Å². The van der Waals surface area contributed by atoms with Gasteiger partial charge < -0.3 is 0 Å². The van der Waals surface area contributed by atoms with Crippen LogP contribution in [0.2, 0.25) is 0 Å². The summed E-state index contributed by atoms with van der Waals surface area (Å²) in [6.07, 6.45) is 86.6. The first-order valence-electron chi connectivity index (χ1n) is 36.5. The summed E-state index contributed by atoms with van der Waals surface area (Å²) >= 11 is 0. The lowest BCUT2D eigenvalue weighted by Gasteiger charge is -2.18. The topological polar surface area (TPSA) is 0 Å². The van der Waals surface area contributed by atoms with Crippen molar-refractivity contribution in [2.75, 3.05) is 0 Å². The molecule has 0 aromatic carbocycles. The van der Waals surface area contributed by atoms with E-state index in [1.807, 2.05) is 0 Å². The fourth-order valence-electron chi connectivity index (χ4n) is 9.70. The van der Waals surface area contributed by atoms with Gasteiger partial charge in [0.2, 0.25) is 0 Å². The van der Waals surface area contributed by atoms with Gasteiger partial charge in [-0.25, -0.2) is 0 Å². The summed E-state index contributed by atoms with van der Waals surface area (Å²) in [6, 6.07) is 0. The van der Waals surface area contributed by atoms with Crippen LogP contribution in [0.1, 0.15) is 507 Å². The first-order valence-corrected chi connectivity index (χ1v) is 36.5. The summed E-state index contributed by atoms with van der Waals surface area (Å²) in [5.41, 5.74) is 0. The number of unbranched alkanes of at least 4 members (excludes halogenated alkanes) is 43. The predicted octanol–water partition coefficient (Wildman–Crippen LogP) is 34.0. The van der Waals surface area contributed by atoms with Crippen molar-refractivity contribution in [3.63, 3.8) is 0 Å². The van der Waals surface area contributed by atoms with Crippen molar-refractivity contribution >= 4 is 0 Å². The molecule has 81 heavy (non-hydrogen) atoms. The third-order valence-electron chi connectivity index (χ3n) is 15.9. The summed E-state index contributed by atoms with van der Waals surface area (Å²) in [5, 5.41) is 0. The van der Waals surface area contributed by atoms with Gasteiger partial charge in [-0.2, -0.15) is 0 Å². The molecule has 0 N–H and O–H groups in total. The van der Waals surface area contributed by atoms with E-state index in [1.165, 1.54) is 366 Å². The normalized spacial score (nSPS) is 11.1. The monoisotopic (exact) mass is 1160 g/mol. The van der Waals surface area contributed by atoms with Gasteiger partial charge in [0.15, 0.2) is 0 Å². The summed E-state index contributed by atoms with van der Waals surface area (Å²) in [5.74, 6) is 2.02. The highest BCUT2D eigenvalue weighted by Gasteiger charge is 2.09. The first kappa shape index (κ1) is 109. The Labute approximate surface area is 528 Å². The van der Waals surface area contributed by atoms with Crippen LogP contribution in [0.5, 0.6) is 0 Å². The van der Waals surface area contributed by atoms with E-state index in [-0.39, 0.29) is 44.6 Å². The van der Waals surface area contributed by atoms with Crippen LogP contribution >= 0.6 is 0 Å². The summed E-state index contributed by atoms with van der Waals surface area (Å²) in [4.78, 5) is 0. The summed E-state index contributed by atoms with van der Waals surface area (Å²) in [6.45, 7) is 31.6. The molecule has 0 aromatic heterocycles. The van der Waals surface area contributed by atoms with Crippen molar-refractivity contribution in [1.82, 2.24) is 0 Å². The molecule has 508 valence electrons. The lowest BCUT2D eigenvalue weighted by Crippen LogP contribution is -2.03. The minimum atomic E-state index is 0. The van der Waals surface area contributed by atoms with Gasteiger partial charge in [0.05, 0.1) is 0 Å². The second kappa shape index (κ2) is 118. The molecule has 0 heterocycles. The average Bonchev–Trinajstić information content (AvgIpc) is 3.44. The molecule has 1 aliphatic rings. The molecule has 0 aromatic rings. The smallest absolute Gasteiger partial charge is 0.0379 e. The van der Waals surface area contributed by atoms with Gasteiger partial charge in [-0.05, 0) is 24.7 Å². The highest BCUT2D eigenvalue weighted by atomic mass is 14.2. The van der Waals surface area contributed by atoms with Crippen molar-refractivity contribution in [1.29, 1.82) is 0 Å². The molecule has 0 heteroatoms. The molecule has 0 radical (unpaired) electrons. The molecule has 0 bridgehead atoms. The molecule has 0 aliphatic heterocycles. The molecule has 0 nitrogen and oxygen atoms in total. The van der Waals surface area contributed by atoms with Crippen molar-refractivity contribution in [3.8, 4) is 0 Å². The molecule has 1 fully saturated rings. The van der Waals surface area contributed by atoms with Gasteiger partial charge >= 0.3 is 0 Å². The van der Waals surface area contributed by atoms with Gasteiger partial charge in [0.1, 0.15) is 0 Å². The van der Waals surface area contributed by atoms with Gasteiger partial charge in [-0.15, -0.1) is 0 Å². The van der Waals surface area contributed by atoms with Crippen LogP contribution in [0, 0.1) is 11.8 Å². The first-order chi connectivity index (χ1) is 36.8. The molecule has 1 saturated carbocycles. The second-order valence-corrected chi connectivity index (χ2v) is 23.9. The Hall–Kier alpha value is -0.260. The third-order valence-corrected chi connectivity index (χ3v) is 15.9. The lowest BCUT2D eigenvalue weighted by molar-refractivity contribution is 0.349. The van der Waals surface area contributed by atoms with E-state index in [4.69, 9.17) is 0 Å². The highest BCUT2D eigenvalue weighted by molar-refractivity contribution is 4.77. The Morgan fingerprint density at radius 1 is 0.235 bits per heavy atom. The number of allylic oxidation sites excluding steroid dienone is 2. The minimum Gasteiger partial charge on any atom is -0.0888 e. The van der Waals surface area contributed by atoms with Gasteiger partial charge in [0.25, 0.3) is 0 Å². The largest absolute Gasteiger partial charge is 0.0888 e. The lowest BCUT2D eigenvalue weighted by atomic mass is 9.88. The van der Waals surface area contributed by atoms with Crippen LogP contribution in [0.25, 0.3) is 0 Å². The zero-order valence-electron chi connectivity index (χ0n) is 56.6. The minimum absolute atomic E-state index is 0. The van der Waals surface area contributed by atoms with Crippen molar-refractivity contribution in [2.45, 2.75) is 507 Å². The van der Waals surface area contributed by atoms with Crippen LogP contribution < -0.4 is 0 Å². The Balaban J connectivity index is -0.0000000711. The molecule has 0 atom stereocenters. The Kier molecular flexibility index (Phi) is 158. The van der Waals surface area contributed by atoms with E-state index >= 15 is 0 Å². The SMILES string of the molecule is C.C.C.C.C.C.CC/C=C/CC.CCC(C)CC.CCC1CCCCC1.CCCCCCC.CCCCCCCCCCC.CCCCCCCCCCCCCCCC.CCCCCCCCCCCCCCCCCCCCC. The van der Waals surface area contributed by atoms with E-state index in [1.54, 1.807) is 0 Å². The zero-order valence-corrected chi connectivity index (χ0v) is 56.6. The molecular formula is C81H184. The molecule has 0 spiro atoms. The summed E-state index contributed by atoms with van der Waals surface area (Å²) in [7, 11) is 0. The van der Waals surface area contributed by atoms with Crippen molar-refractivity contribution < 1.29 is 0 Å². The molecule has 1 rings (SSSR count). The van der Waals surface area contributed by atoms with E-state index in [2.05, 4.69) is 109 Å². The van der Waals surface area contributed by atoms with Gasteiger partial charge in [-0.3, -0.25) is 0 Å². The molecular weight excluding hydrogens is 973 g/mol. The Morgan fingerprint density at radius 2 is 0.383 bits per heavy atom. The van der Waals surface area contributed by atoms with E-state index < -0.39 is 0 Å². The second-order valence-electron chi connectivity index (χ2n) is 23.9. The predicted molar refractivity (Wildman–Crippen MR) is 399 cm³/mol. The molecule has 0 amide bonds. The van der Waals surface area contributed by atoms with Crippen LogP contribution in [0.3, 0.4) is 0 Å². The molecule has 0 unspecified atom stereocenters. The molecule has 0 saturated heterocycles. The summed E-state index contributed by atoms with van der Waals surface area (Å²) < 4.78 is 0. The van der Waals surface area contributed by atoms with Crippen molar-refractivity contribution in [3.05, 3.63) is 12.2 Å². The zero-order chi connectivity index (χ0) is 56.9. The van der Waals surface area contributed by atoms with Crippen LogP contribution in [0.15, 0.2) is 12.2 Å². The maximum Gasteiger partial charge on any atom is -0.0379 e. The standard InChI is InChI=1S/C21H44.C16H34.C11H24.C8H16.C7H16.C6H14.C6H12.6CH4/c1-3-5-7-9-11-13-15-17-19-21-20-18-16-14-12-10-8-6-4-2;1-3-5-7-9-11-13-15-16-14-12-10-8-6-4-2;1-3-5-7-9-11-10-8-6-4-2;1-2-8-6-4-3-5-7-8;1-3-5-7-6-4-2;1-4-6(3)5-2;1-3-5-6-4-2;;;;;;/h3-21H2,1-2H3;3-16H2,1-2H3;3-11H2,1-2H3;8H,2-7H2,1H3;3-7H2,1-2H3;6H,4-5H2,1-3H3;5-6H,3-4H2,1-2H3;6*1H4/b;;;;;;6-5+;;;;;;. The van der Waals surface area contributed by atoms with Crippen LogP contribution in [-0.4, -0.2) is 0 Å². The van der Waals surface area contributed by atoms with Gasteiger partial charge in [0, 0.05) is 0 Å². The van der Waals surface area contributed by atoms with E-state index in [0.29, 0.717) is 0 Å². The fourth-order valence-corrected chi connectivity index (χ4v) is 9.70. The van der Waals surface area contributed by atoms with Crippen LogP contribution in [-0.2, 0) is 0 Å². The third kappa shape index (κ3) is 135. The maximum atomic E-state index is 2.32.